The number of quaternary nitrogens is 1. The van der Waals surface area contributed by atoms with Crippen molar-refractivity contribution >= 4 is 34.9 Å². The maximum atomic E-state index is 12.5. The van der Waals surface area contributed by atoms with Crippen LogP contribution in [0.15, 0.2) is 42.5 Å². The molecule has 1 heterocycles. The molecular weight excluding hydrogens is 334 g/mol. The number of imide groups is 1. The van der Waals surface area contributed by atoms with E-state index >= 15 is 0 Å². The van der Waals surface area contributed by atoms with Crippen molar-refractivity contribution in [3.05, 3.63) is 57.2 Å². The summed E-state index contributed by atoms with van der Waals surface area (Å²) in [7, 11) is 3.40. The summed E-state index contributed by atoms with van der Waals surface area (Å²) in [6, 6.07) is 12.2. The second kappa shape index (κ2) is 8.10. The van der Waals surface area contributed by atoms with Crippen molar-refractivity contribution in [2.24, 2.45) is 0 Å². The van der Waals surface area contributed by atoms with Crippen molar-refractivity contribution in [2.75, 3.05) is 14.1 Å². The van der Waals surface area contributed by atoms with Gasteiger partial charge in [0, 0.05) is 12.6 Å². The fraction of sp³-hybridized carbons (Fsp3) is 0.250. The van der Waals surface area contributed by atoms with E-state index in [1.54, 1.807) is 0 Å². The molecule has 0 fully saturated rings. The molecular formula is C16H19ClN3O2S+. The lowest BCUT2D eigenvalue weighted by molar-refractivity contribution is -0.915. The van der Waals surface area contributed by atoms with E-state index in [1.165, 1.54) is 18.4 Å². The van der Waals surface area contributed by atoms with Gasteiger partial charge in [-0.1, -0.05) is 41.9 Å². The van der Waals surface area contributed by atoms with E-state index in [9.17, 15) is 9.59 Å². The summed E-state index contributed by atoms with van der Waals surface area (Å²) in [4.78, 5) is 26.0. The maximum absolute atomic E-state index is 12.5. The standard InChI is InChI=1S/C16H18ClN3O2S/c1-18-16(22)19-15(21)14(11-6-4-3-5-7-11)20(2)10-12-8-9-13(17)23-12/h3-9,14H,10H2,1-2H3,(H2,18,19,21,22)/p+1/t14-/m0/s1. The predicted molar refractivity (Wildman–Crippen MR) is 91.7 cm³/mol. The SMILES string of the molecule is CNC(=O)NC(=O)[C@H](c1ccccc1)[NH+](C)Cc1ccc(Cl)s1. The Kier molecular flexibility index (Phi) is 6.15. The summed E-state index contributed by atoms with van der Waals surface area (Å²) < 4.78 is 0.721. The second-order valence-electron chi connectivity index (χ2n) is 5.14. The number of hydrogen-bond acceptors (Lipinski definition) is 3. The van der Waals surface area contributed by atoms with Gasteiger partial charge in [-0.15, -0.1) is 11.3 Å². The number of rotatable bonds is 5. The largest absolute Gasteiger partial charge is 0.341 e. The van der Waals surface area contributed by atoms with Crippen molar-refractivity contribution in [3.63, 3.8) is 0 Å². The Morgan fingerprint density at radius 1 is 1.22 bits per heavy atom. The van der Waals surface area contributed by atoms with Crippen LogP contribution in [0.1, 0.15) is 16.5 Å². The summed E-state index contributed by atoms with van der Waals surface area (Å²) in [5, 5.41) is 4.77. The molecule has 3 N–H and O–H groups in total. The van der Waals surface area contributed by atoms with Crippen molar-refractivity contribution in [2.45, 2.75) is 12.6 Å². The van der Waals surface area contributed by atoms with Crippen LogP contribution in [0.3, 0.4) is 0 Å². The van der Waals surface area contributed by atoms with Gasteiger partial charge < -0.3 is 10.2 Å². The highest BCUT2D eigenvalue weighted by Crippen LogP contribution is 2.21. The average Bonchev–Trinajstić information content (AvgIpc) is 2.93. The Labute approximate surface area is 144 Å². The molecule has 0 aliphatic rings. The molecule has 1 unspecified atom stereocenters. The molecule has 122 valence electrons. The zero-order chi connectivity index (χ0) is 16.8. The molecule has 2 aromatic rings. The summed E-state index contributed by atoms with van der Waals surface area (Å²) in [5.41, 5.74) is 0.856. The van der Waals surface area contributed by atoms with Crippen LogP contribution in [-0.2, 0) is 11.3 Å². The molecule has 7 heteroatoms. The lowest BCUT2D eigenvalue weighted by atomic mass is 10.0. The van der Waals surface area contributed by atoms with Gasteiger partial charge in [0.25, 0.3) is 5.91 Å². The highest BCUT2D eigenvalue weighted by Gasteiger charge is 2.30. The van der Waals surface area contributed by atoms with Crippen LogP contribution in [0.25, 0.3) is 0 Å². The van der Waals surface area contributed by atoms with Gasteiger partial charge in [0.1, 0.15) is 6.54 Å². The number of likely N-dealkylation sites (N-methyl/N-ethyl adjacent to an activating group) is 1. The molecule has 0 aliphatic carbocycles. The van der Waals surface area contributed by atoms with E-state index in [0.717, 1.165) is 19.7 Å². The number of nitrogens with one attached hydrogen (secondary N) is 3. The molecule has 1 aromatic heterocycles. The van der Waals surface area contributed by atoms with Crippen molar-refractivity contribution in [1.29, 1.82) is 0 Å². The fourth-order valence-corrected chi connectivity index (χ4v) is 3.56. The summed E-state index contributed by atoms with van der Waals surface area (Å²) >= 11 is 7.46. The van der Waals surface area contributed by atoms with E-state index in [1.807, 2.05) is 49.5 Å². The molecule has 0 aliphatic heterocycles. The third-order valence-corrected chi connectivity index (χ3v) is 4.66. The number of amides is 3. The topological polar surface area (TPSA) is 62.6 Å². The van der Waals surface area contributed by atoms with Crippen molar-refractivity contribution < 1.29 is 14.5 Å². The molecule has 0 spiro atoms. The Morgan fingerprint density at radius 2 is 1.91 bits per heavy atom. The highest BCUT2D eigenvalue weighted by atomic mass is 35.5. The van der Waals surface area contributed by atoms with E-state index in [4.69, 9.17) is 11.6 Å². The average molecular weight is 353 g/mol. The Morgan fingerprint density at radius 3 is 2.48 bits per heavy atom. The first-order valence-electron chi connectivity index (χ1n) is 7.15. The van der Waals surface area contributed by atoms with Crippen molar-refractivity contribution in [1.82, 2.24) is 10.6 Å². The lowest BCUT2D eigenvalue weighted by Crippen LogP contribution is -3.09. The van der Waals surface area contributed by atoms with Gasteiger partial charge in [0.15, 0.2) is 6.04 Å². The fourth-order valence-electron chi connectivity index (χ4n) is 2.38. The van der Waals surface area contributed by atoms with Crippen LogP contribution in [0.4, 0.5) is 4.79 Å². The molecule has 0 bridgehead atoms. The lowest BCUT2D eigenvalue weighted by Gasteiger charge is -2.23. The van der Waals surface area contributed by atoms with Gasteiger partial charge >= 0.3 is 6.03 Å². The minimum Gasteiger partial charge on any atom is -0.341 e. The van der Waals surface area contributed by atoms with Gasteiger partial charge in [-0.3, -0.25) is 10.1 Å². The summed E-state index contributed by atoms with van der Waals surface area (Å²) in [5.74, 6) is -0.337. The normalized spacial score (nSPS) is 13.2. The predicted octanol–water partition coefficient (Wildman–Crippen LogP) is 1.61. The number of thiophene rings is 1. The number of halogens is 1. The third kappa shape index (κ3) is 4.79. The number of urea groups is 1. The number of benzene rings is 1. The molecule has 1 aromatic carbocycles. The van der Waals surface area contributed by atoms with Crippen LogP contribution in [0.2, 0.25) is 4.34 Å². The minimum absolute atomic E-state index is 0.337. The zero-order valence-corrected chi connectivity index (χ0v) is 14.5. The Bertz CT molecular complexity index is 675. The molecule has 0 saturated heterocycles. The smallest absolute Gasteiger partial charge is 0.321 e. The first-order chi connectivity index (χ1) is 11.0. The monoisotopic (exact) mass is 352 g/mol. The van der Waals surface area contributed by atoms with Gasteiger partial charge in [0.2, 0.25) is 0 Å². The summed E-state index contributed by atoms with van der Waals surface area (Å²) in [6.45, 7) is 0.637. The Balaban J connectivity index is 2.22. The van der Waals surface area contributed by atoms with Crippen molar-refractivity contribution in [3.8, 4) is 0 Å². The van der Waals surface area contributed by atoms with E-state index in [-0.39, 0.29) is 5.91 Å². The molecule has 5 nitrogen and oxygen atoms in total. The van der Waals surface area contributed by atoms with Crippen LogP contribution >= 0.6 is 22.9 Å². The van der Waals surface area contributed by atoms with Gasteiger partial charge in [-0.2, -0.15) is 0 Å². The number of hydrogen-bond donors (Lipinski definition) is 3. The van der Waals surface area contributed by atoms with E-state index in [0.29, 0.717) is 6.54 Å². The van der Waals surface area contributed by atoms with Crippen LogP contribution < -0.4 is 15.5 Å². The Hall–Kier alpha value is -1.89. The molecule has 23 heavy (non-hydrogen) atoms. The number of carbonyl (C=O) groups excluding carboxylic acids is 2. The van der Waals surface area contributed by atoms with Crippen LogP contribution in [-0.4, -0.2) is 26.0 Å². The van der Waals surface area contributed by atoms with Gasteiger partial charge in [-0.25, -0.2) is 4.79 Å². The molecule has 3 amide bonds. The van der Waals surface area contributed by atoms with Crippen LogP contribution in [0, 0.1) is 0 Å². The van der Waals surface area contributed by atoms with E-state index < -0.39 is 12.1 Å². The minimum atomic E-state index is -0.511. The first kappa shape index (κ1) is 17.5. The molecule has 2 atom stereocenters. The molecule has 0 saturated carbocycles. The van der Waals surface area contributed by atoms with E-state index in [2.05, 4.69) is 10.6 Å². The zero-order valence-electron chi connectivity index (χ0n) is 12.9. The molecule has 2 rings (SSSR count). The summed E-state index contributed by atoms with van der Waals surface area (Å²) in [6.07, 6.45) is 0. The highest BCUT2D eigenvalue weighted by molar-refractivity contribution is 7.16. The first-order valence-corrected chi connectivity index (χ1v) is 8.34. The quantitative estimate of drug-likeness (QED) is 0.765. The van der Waals surface area contributed by atoms with Gasteiger partial charge in [0.05, 0.1) is 16.3 Å². The second-order valence-corrected chi connectivity index (χ2v) is 6.94. The van der Waals surface area contributed by atoms with Gasteiger partial charge in [-0.05, 0) is 12.1 Å². The number of carbonyl (C=O) groups is 2. The third-order valence-electron chi connectivity index (χ3n) is 3.43. The van der Waals surface area contributed by atoms with Crippen LogP contribution in [0.5, 0.6) is 0 Å². The molecule has 0 radical (unpaired) electrons. The maximum Gasteiger partial charge on any atom is 0.321 e.